The molecule has 0 bridgehead atoms. The Morgan fingerprint density at radius 1 is 1.28 bits per heavy atom. The van der Waals surface area contributed by atoms with Crippen LogP contribution in [0.15, 0.2) is 24.3 Å². The van der Waals surface area contributed by atoms with Crippen LogP contribution in [-0.2, 0) is 0 Å². The molecule has 2 rings (SSSR count). The minimum absolute atomic E-state index is 0.127. The van der Waals surface area contributed by atoms with Crippen molar-refractivity contribution in [2.75, 3.05) is 13.2 Å². The van der Waals surface area contributed by atoms with Gasteiger partial charge in [-0.3, -0.25) is 14.9 Å². The maximum absolute atomic E-state index is 10.9. The molecule has 8 nitrogen and oxygen atoms in total. The van der Waals surface area contributed by atoms with Gasteiger partial charge in [-0.1, -0.05) is 12.1 Å². The van der Waals surface area contributed by atoms with E-state index in [9.17, 15) is 14.8 Å². The summed E-state index contributed by atoms with van der Waals surface area (Å²) in [6.07, 6.45) is 0. The Bertz CT molecular complexity index is 442. The van der Waals surface area contributed by atoms with Gasteiger partial charge in [0.05, 0.1) is 24.3 Å². The summed E-state index contributed by atoms with van der Waals surface area (Å²) in [6.45, 7) is 0.00458. The summed E-state index contributed by atoms with van der Waals surface area (Å²) in [5.41, 5.74) is 9.07. The quantitative estimate of drug-likeness (QED) is 0.252. The van der Waals surface area contributed by atoms with Crippen molar-refractivity contribution in [3.63, 3.8) is 0 Å². The summed E-state index contributed by atoms with van der Waals surface area (Å²) >= 11 is 0. The smallest absolute Gasteiger partial charge is 0.258 e. The van der Waals surface area contributed by atoms with Crippen molar-refractivity contribution in [2.45, 2.75) is 0 Å². The van der Waals surface area contributed by atoms with Gasteiger partial charge in [-0.15, -0.1) is 0 Å². The average molecular weight is 252 g/mol. The molecule has 1 aliphatic heterocycles. The molecule has 0 saturated carbocycles. The lowest BCUT2D eigenvalue weighted by Crippen LogP contribution is -2.24. The molecule has 1 aliphatic rings. The molecule has 4 N–H and O–H groups in total. The summed E-state index contributed by atoms with van der Waals surface area (Å²) in [7, 11) is 0. The third kappa shape index (κ3) is 3.52. The van der Waals surface area contributed by atoms with E-state index in [1.54, 1.807) is 24.3 Å². The van der Waals surface area contributed by atoms with Crippen LogP contribution in [0.25, 0.3) is 0 Å². The SMILES string of the molecule is N=[N+]([O-])NCCO.O=C1NC(=O)c2ccccc21. The number of aliphatic hydroxyl groups excluding tert-OH is 1. The van der Waals surface area contributed by atoms with Crippen molar-refractivity contribution < 1.29 is 19.7 Å². The summed E-state index contributed by atoms with van der Waals surface area (Å²) in [6, 6.07) is 6.74. The van der Waals surface area contributed by atoms with Crippen LogP contribution >= 0.6 is 0 Å². The second-order valence-corrected chi connectivity index (χ2v) is 3.25. The number of aliphatic hydroxyl groups is 1. The predicted molar refractivity (Wildman–Crippen MR) is 59.7 cm³/mol. The van der Waals surface area contributed by atoms with E-state index in [0.717, 1.165) is 0 Å². The van der Waals surface area contributed by atoms with Crippen molar-refractivity contribution in [3.05, 3.63) is 40.6 Å². The standard InChI is InChI=1S/C8H5NO2.C2H7N3O2/c10-7-5-3-1-2-4-6(5)8(11)9-7;3-5(7)4-1-2-6/h1-4H,(H,9,10,11);6H,1-2H2,(H2,3,4). The summed E-state index contributed by atoms with van der Waals surface area (Å²) in [5.74, 6) is -0.601. The van der Waals surface area contributed by atoms with Crippen LogP contribution in [0, 0.1) is 10.7 Å². The van der Waals surface area contributed by atoms with Crippen LogP contribution < -0.4 is 10.7 Å². The Labute approximate surface area is 102 Å². The number of amides is 2. The van der Waals surface area contributed by atoms with Gasteiger partial charge in [0.2, 0.25) is 0 Å². The van der Waals surface area contributed by atoms with Crippen LogP contribution in [0.1, 0.15) is 20.7 Å². The molecule has 1 aromatic rings. The van der Waals surface area contributed by atoms with Crippen LogP contribution in [0.2, 0.25) is 0 Å². The lowest BCUT2D eigenvalue weighted by Gasteiger charge is -1.94. The van der Waals surface area contributed by atoms with Crippen molar-refractivity contribution in [3.8, 4) is 0 Å². The number of nitrogens with one attached hydrogen (secondary N) is 3. The molecule has 0 aromatic heterocycles. The highest BCUT2D eigenvalue weighted by atomic mass is 16.5. The second kappa shape index (κ2) is 6.30. The van der Waals surface area contributed by atoms with E-state index < -0.39 is 0 Å². The normalized spacial score (nSPS) is 12.1. The first kappa shape index (κ1) is 13.6. The number of nitrogens with zero attached hydrogens (tertiary/aromatic N) is 1. The molecule has 0 aliphatic carbocycles. The first-order chi connectivity index (χ1) is 8.56. The van der Waals surface area contributed by atoms with E-state index >= 15 is 0 Å². The minimum atomic E-state index is -0.300. The molecule has 0 fully saturated rings. The van der Waals surface area contributed by atoms with Crippen molar-refractivity contribution >= 4 is 11.8 Å². The summed E-state index contributed by atoms with van der Waals surface area (Å²) in [4.78, 5) is 21.7. The molecule has 0 unspecified atom stereocenters. The van der Waals surface area contributed by atoms with Crippen molar-refractivity contribution in [2.24, 2.45) is 0 Å². The zero-order chi connectivity index (χ0) is 13.5. The van der Waals surface area contributed by atoms with Gasteiger partial charge in [-0.05, 0) is 17.7 Å². The summed E-state index contributed by atoms with van der Waals surface area (Å²) < 4.78 is 0. The van der Waals surface area contributed by atoms with Crippen molar-refractivity contribution in [1.29, 1.82) is 5.53 Å². The highest BCUT2D eigenvalue weighted by molar-refractivity contribution is 6.21. The molecule has 1 aromatic carbocycles. The molecular formula is C10H12N4O4. The Kier molecular flexibility index (Phi) is 4.76. The fraction of sp³-hybridized carbons (Fsp3) is 0.200. The number of hydrazine groups is 1. The van der Waals surface area contributed by atoms with Gasteiger partial charge < -0.3 is 10.3 Å². The van der Waals surface area contributed by atoms with Gasteiger partial charge in [0.25, 0.3) is 11.8 Å². The second-order valence-electron chi connectivity index (χ2n) is 3.25. The summed E-state index contributed by atoms with van der Waals surface area (Å²) in [5, 5.41) is 19.8. The molecule has 8 heteroatoms. The van der Waals surface area contributed by atoms with E-state index in [-0.39, 0.29) is 29.9 Å². The number of carbonyl (C=O) groups excluding carboxylic acids is 2. The molecule has 0 spiro atoms. The van der Waals surface area contributed by atoms with Gasteiger partial charge >= 0.3 is 0 Å². The monoisotopic (exact) mass is 252 g/mol. The molecule has 0 radical (unpaired) electrons. The number of benzene rings is 1. The molecule has 0 saturated heterocycles. The van der Waals surface area contributed by atoms with Crippen LogP contribution in [0.5, 0.6) is 0 Å². The molecular weight excluding hydrogens is 240 g/mol. The van der Waals surface area contributed by atoms with Gasteiger partial charge in [0.1, 0.15) is 0 Å². The third-order valence-corrected chi connectivity index (χ3v) is 2.01. The Morgan fingerprint density at radius 3 is 2.11 bits per heavy atom. The average Bonchev–Trinajstić information content (AvgIpc) is 2.64. The van der Waals surface area contributed by atoms with Gasteiger partial charge in [-0.2, -0.15) is 5.43 Å². The number of hydrogen-bond acceptors (Lipinski definition) is 5. The lowest BCUT2D eigenvalue weighted by atomic mass is 10.1. The fourth-order valence-electron chi connectivity index (χ4n) is 1.27. The van der Waals surface area contributed by atoms with E-state index in [0.29, 0.717) is 11.1 Å². The minimum Gasteiger partial charge on any atom is -0.572 e. The topological polar surface area (TPSA) is 128 Å². The Balaban J connectivity index is 0.000000203. The van der Waals surface area contributed by atoms with Crippen molar-refractivity contribution in [1.82, 2.24) is 10.7 Å². The zero-order valence-corrected chi connectivity index (χ0v) is 9.34. The largest absolute Gasteiger partial charge is 0.572 e. The first-order valence-electron chi connectivity index (χ1n) is 5.04. The molecule has 2 amide bonds. The zero-order valence-electron chi connectivity index (χ0n) is 9.34. The van der Waals surface area contributed by atoms with E-state index in [2.05, 4.69) is 5.32 Å². The number of imide groups is 1. The number of carbonyl (C=O) groups is 2. The molecule has 18 heavy (non-hydrogen) atoms. The van der Waals surface area contributed by atoms with Crippen LogP contribution in [0.3, 0.4) is 0 Å². The third-order valence-electron chi connectivity index (χ3n) is 2.01. The van der Waals surface area contributed by atoms with E-state index in [1.807, 2.05) is 5.43 Å². The Hall–Kier alpha value is -2.48. The Morgan fingerprint density at radius 2 is 1.78 bits per heavy atom. The lowest BCUT2D eigenvalue weighted by molar-refractivity contribution is -0.610. The number of hydrogen-bond donors (Lipinski definition) is 4. The van der Waals surface area contributed by atoms with Crippen LogP contribution in [-0.4, -0.2) is 35.0 Å². The van der Waals surface area contributed by atoms with E-state index in [1.165, 1.54) is 0 Å². The van der Waals surface area contributed by atoms with Gasteiger partial charge in [0.15, 0.2) is 0 Å². The van der Waals surface area contributed by atoms with Crippen LogP contribution in [0.4, 0.5) is 0 Å². The molecule has 1 heterocycles. The molecule has 96 valence electrons. The highest BCUT2D eigenvalue weighted by Crippen LogP contribution is 2.13. The maximum atomic E-state index is 10.9. The van der Waals surface area contributed by atoms with Gasteiger partial charge in [0, 0.05) is 4.97 Å². The number of rotatable bonds is 3. The highest BCUT2D eigenvalue weighted by Gasteiger charge is 2.25. The first-order valence-corrected chi connectivity index (χ1v) is 5.04. The maximum Gasteiger partial charge on any atom is 0.258 e. The molecule has 0 atom stereocenters. The predicted octanol–water partition coefficient (Wildman–Crippen LogP) is -0.405. The van der Waals surface area contributed by atoms with E-state index in [4.69, 9.17) is 10.6 Å². The van der Waals surface area contributed by atoms with Gasteiger partial charge in [-0.25, -0.2) is 0 Å². The number of fused-ring (bicyclic) bond motifs is 1. The fourth-order valence-corrected chi connectivity index (χ4v) is 1.27.